The average Bonchev–Trinajstić information content (AvgIpc) is 2.60. The van der Waals surface area contributed by atoms with Gasteiger partial charge < -0.3 is 15.0 Å². The summed E-state index contributed by atoms with van der Waals surface area (Å²) in [4.78, 5) is 25.8. The average molecular weight is 316 g/mol. The Morgan fingerprint density at radius 3 is 2.43 bits per heavy atom. The molecule has 124 valence electrons. The van der Waals surface area contributed by atoms with E-state index in [0.29, 0.717) is 0 Å². The first-order chi connectivity index (χ1) is 11.1. The second-order valence-corrected chi connectivity index (χ2v) is 5.72. The van der Waals surface area contributed by atoms with Crippen LogP contribution in [0.2, 0.25) is 0 Å². The summed E-state index contributed by atoms with van der Waals surface area (Å²) >= 11 is 0. The fraction of sp³-hybridized carbons (Fsp3) is 0.444. The third-order valence-corrected chi connectivity index (χ3v) is 4.02. The highest BCUT2D eigenvalue weighted by molar-refractivity contribution is 5.96. The standard InChI is InChI=1S/C18H24N2O3/c1-14(15-6-8-16(23-2)9-7-15)12-17(21)19-13-18(22)20-10-4-3-5-11-20/h6-9,12H,3-5,10-11,13H2,1-2H3,(H,19,21)/b14-12+. The number of ether oxygens (including phenoxy) is 1. The van der Waals surface area contributed by atoms with Gasteiger partial charge in [0.2, 0.25) is 11.8 Å². The van der Waals surface area contributed by atoms with Crippen LogP contribution in [0, 0.1) is 0 Å². The molecule has 0 bridgehead atoms. The van der Waals surface area contributed by atoms with E-state index in [9.17, 15) is 9.59 Å². The fourth-order valence-corrected chi connectivity index (χ4v) is 2.60. The van der Waals surface area contributed by atoms with E-state index in [1.807, 2.05) is 36.1 Å². The van der Waals surface area contributed by atoms with E-state index in [2.05, 4.69) is 5.32 Å². The SMILES string of the molecule is COc1ccc(/C(C)=C/C(=O)NCC(=O)N2CCCCC2)cc1. The first-order valence-electron chi connectivity index (χ1n) is 7.98. The Morgan fingerprint density at radius 1 is 1.17 bits per heavy atom. The van der Waals surface area contributed by atoms with Crippen molar-refractivity contribution < 1.29 is 14.3 Å². The summed E-state index contributed by atoms with van der Waals surface area (Å²) in [6, 6.07) is 7.50. The molecule has 1 aliphatic heterocycles. The van der Waals surface area contributed by atoms with Gasteiger partial charge >= 0.3 is 0 Å². The minimum atomic E-state index is -0.247. The summed E-state index contributed by atoms with van der Waals surface area (Å²) in [7, 11) is 1.62. The second-order valence-electron chi connectivity index (χ2n) is 5.72. The highest BCUT2D eigenvalue weighted by atomic mass is 16.5. The van der Waals surface area contributed by atoms with Gasteiger partial charge in [0.05, 0.1) is 13.7 Å². The molecule has 1 N–H and O–H groups in total. The molecule has 5 nitrogen and oxygen atoms in total. The first-order valence-corrected chi connectivity index (χ1v) is 7.98. The quantitative estimate of drug-likeness (QED) is 0.848. The molecule has 1 fully saturated rings. The molecule has 1 aromatic rings. The molecule has 0 saturated carbocycles. The third kappa shape index (κ3) is 5.13. The van der Waals surface area contributed by atoms with Gasteiger partial charge in [-0.3, -0.25) is 9.59 Å². The minimum absolute atomic E-state index is 0.00597. The number of likely N-dealkylation sites (tertiary alicyclic amines) is 1. The normalized spacial score (nSPS) is 15.2. The molecule has 1 aromatic carbocycles. The number of methoxy groups -OCH3 is 1. The zero-order valence-electron chi connectivity index (χ0n) is 13.8. The molecule has 23 heavy (non-hydrogen) atoms. The van der Waals surface area contributed by atoms with Crippen LogP contribution < -0.4 is 10.1 Å². The Kier molecular flexibility index (Phi) is 6.20. The van der Waals surface area contributed by atoms with Crippen LogP contribution in [-0.4, -0.2) is 43.5 Å². The lowest BCUT2D eigenvalue weighted by atomic mass is 10.1. The van der Waals surface area contributed by atoms with Crippen LogP contribution in [0.15, 0.2) is 30.3 Å². The summed E-state index contributed by atoms with van der Waals surface area (Å²) in [6.07, 6.45) is 4.80. The van der Waals surface area contributed by atoms with Gasteiger partial charge in [-0.05, 0) is 49.5 Å². The van der Waals surface area contributed by atoms with Crippen molar-refractivity contribution in [3.05, 3.63) is 35.9 Å². The minimum Gasteiger partial charge on any atom is -0.497 e. The monoisotopic (exact) mass is 316 g/mol. The van der Waals surface area contributed by atoms with Gasteiger partial charge in [-0.15, -0.1) is 0 Å². The predicted molar refractivity (Wildman–Crippen MR) is 90.1 cm³/mol. The molecular formula is C18H24N2O3. The number of piperidine rings is 1. The molecule has 0 aromatic heterocycles. The summed E-state index contributed by atoms with van der Waals surface area (Å²) in [5.41, 5.74) is 1.79. The van der Waals surface area contributed by atoms with Crippen LogP contribution in [-0.2, 0) is 9.59 Å². The Labute approximate surface area is 137 Å². The van der Waals surface area contributed by atoms with Crippen molar-refractivity contribution in [1.82, 2.24) is 10.2 Å². The van der Waals surface area contributed by atoms with E-state index < -0.39 is 0 Å². The molecule has 5 heteroatoms. The smallest absolute Gasteiger partial charge is 0.244 e. The van der Waals surface area contributed by atoms with E-state index in [1.54, 1.807) is 7.11 Å². The van der Waals surface area contributed by atoms with Crippen molar-refractivity contribution in [2.75, 3.05) is 26.7 Å². The molecule has 0 radical (unpaired) electrons. The number of hydrogen-bond acceptors (Lipinski definition) is 3. The number of hydrogen-bond donors (Lipinski definition) is 1. The molecule has 1 heterocycles. The maximum absolute atomic E-state index is 12.0. The summed E-state index contributed by atoms with van der Waals surface area (Å²) in [5, 5.41) is 2.67. The lowest BCUT2D eigenvalue weighted by Crippen LogP contribution is -2.42. The maximum Gasteiger partial charge on any atom is 0.244 e. The number of carbonyl (C=O) groups is 2. The fourth-order valence-electron chi connectivity index (χ4n) is 2.60. The maximum atomic E-state index is 12.0. The van der Waals surface area contributed by atoms with E-state index in [-0.39, 0.29) is 18.4 Å². The molecule has 0 atom stereocenters. The number of carbonyl (C=O) groups excluding carboxylic acids is 2. The Morgan fingerprint density at radius 2 is 1.83 bits per heavy atom. The highest BCUT2D eigenvalue weighted by Crippen LogP contribution is 2.17. The van der Waals surface area contributed by atoms with Crippen molar-refractivity contribution in [2.45, 2.75) is 26.2 Å². The molecular weight excluding hydrogens is 292 g/mol. The first kappa shape index (κ1) is 17.1. The van der Waals surface area contributed by atoms with E-state index >= 15 is 0 Å². The van der Waals surface area contributed by atoms with Crippen molar-refractivity contribution in [3.63, 3.8) is 0 Å². The van der Waals surface area contributed by atoms with Crippen LogP contribution >= 0.6 is 0 Å². The van der Waals surface area contributed by atoms with Crippen molar-refractivity contribution in [2.24, 2.45) is 0 Å². The van der Waals surface area contributed by atoms with Gasteiger partial charge in [0.15, 0.2) is 0 Å². The summed E-state index contributed by atoms with van der Waals surface area (Å²) in [6.45, 7) is 3.53. The Hall–Kier alpha value is -2.30. The Bertz CT molecular complexity index is 572. The molecule has 2 rings (SSSR count). The van der Waals surface area contributed by atoms with Crippen molar-refractivity contribution >= 4 is 17.4 Å². The molecule has 1 aliphatic rings. The zero-order chi connectivity index (χ0) is 16.7. The lowest BCUT2D eigenvalue weighted by Gasteiger charge is -2.26. The number of rotatable bonds is 5. The third-order valence-electron chi connectivity index (χ3n) is 4.02. The number of allylic oxidation sites excluding steroid dienone is 1. The van der Waals surface area contributed by atoms with Crippen LogP contribution in [0.5, 0.6) is 5.75 Å². The van der Waals surface area contributed by atoms with Crippen LogP contribution in [0.25, 0.3) is 5.57 Å². The molecule has 1 saturated heterocycles. The number of nitrogens with one attached hydrogen (secondary N) is 1. The molecule has 0 aliphatic carbocycles. The van der Waals surface area contributed by atoms with E-state index in [0.717, 1.165) is 42.8 Å². The lowest BCUT2D eigenvalue weighted by molar-refractivity contribution is -0.132. The van der Waals surface area contributed by atoms with E-state index in [1.165, 1.54) is 12.5 Å². The zero-order valence-corrected chi connectivity index (χ0v) is 13.8. The second kappa shape index (κ2) is 8.36. The molecule has 0 unspecified atom stereocenters. The number of amides is 2. The largest absolute Gasteiger partial charge is 0.497 e. The van der Waals surface area contributed by atoms with Crippen molar-refractivity contribution in [1.29, 1.82) is 0 Å². The molecule has 0 spiro atoms. The predicted octanol–water partition coefficient (Wildman–Crippen LogP) is 2.23. The topological polar surface area (TPSA) is 58.6 Å². The van der Waals surface area contributed by atoms with Gasteiger partial charge in [-0.25, -0.2) is 0 Å². The van der Waals surface area contributed by atoms with Gasteiger partial charge in [0.1, 0.15) is 5.75 Å². The highest BCUT2D eigenvalue weighted by Gasteiger charge is 2.16. The van der Waals surface area contributed by atoms with Crippen LogP contribution in [0.3, 0.4) is 0 Å². The number of benzene rings is 1. The van der Waals surface area contributed by atoms with E-state index in [4.69, 9.17) is 4.74 Å². The molecule has 2 amide bonds. The van der Waals surface area contributed by atoms with Crippen LogP contribution in [0.4, 0.5) is 0 Å². The Balaban J connectivity index is 1.85. The van der Waals surface area contributed by atoms with Crippen LogP contribution in [0.1, 0.15) is 31.7 Å². The van der Waals surface area contributed by atoms with Crippen molar-refractivity contribution in [3.8, 4) is 5.75 Å². The summed E-state index contributed by atoms with van der Waals surface area (Å²) in [5.74, 6) is 0.523. The van der Waals surface area contributed by atoms with Gasteiger partial charge in [0.25, 0.3) is 0 Å². The summed E-state index contributed by atoms with van der Waals surface area (Å²) < 4.78 is 5.11. The number of nitrogens with zero attached hydrogens (tertiary/aromatic N) is 1. The van der Waals surface area contributed by atoms with Gasteiger partial charge in [0, 0.05) is 19.2 Å². The van der Waals surface area contributed by atoms with Gasteiger partial charge in [-0.2, -0.15) is 0 Å². The van der Waals surface area contributed by atoms with Gasteiger partial charge in [-0.1, -0.05) is 12.1 Å².